The first kappa shape index (κ1) is 12.0. The summed E-state index contributed by atoms with van der Waals surface area (Å²) in [5, 5.41) is 9.22. The minimum atomic E-state index is -0.398. The second kappa shape index (κ2) is 5.25. The molecule has 1 aliphatic rings. The molecule has 1 N–H and O–H groups in total. The molecule has 5 nitrogen and oxygen atoms in total. The van der Waals surface area contributed by atoms with Gasteiger partial charge in [0, 0.05) is 32.0 Å². The standard InChI is InChI=1S/C12H17N3O2/c1-14-6-7-15(12(17)11(14)9-16)8-10-2-4-13-5-3-10/h2-5,11,16H,6-9H2,1H3. The van der Waals surface area contributed by atoms with Gasteiger partial charge in [0.1, 0.15) is 6.04 Å². The van der Waals surface area contributed by atoms with Gasteiger partial charge < -0.3 is 10.0 Å². The summed E-state index contributed by atoms with van der Waals surface area (Å²) < 4.78 is 0. The van der Waals surface area contributed by atoms with E-state index in [9.17, 15) is 9.90 Å². The average Bonchev–Trinajstić information content (AvgIpc) is 2.35. The fraction of sp³-hybridized carbons (Fsp3) is 0.500. The highest BCUT2D eigenvalue weighted by molar-refractivity contribution is 5.82. The van der Waals surface area contributed by atoms with Crippen LogP contribution in [0, 0.1) is 0 Å². The largest absolute Gasteiger partial charge is 0.394 e. The highest BCUT2D eigenvalue weighted by atomic mass is 16.3. The molecule has 17 heavy (non-hydrogen) atoms. The highest BCUT2D eigenvalue weighted by Crippen LogP contribution is 2.12. The van der Waals surface area contributed by atoms with Crippen LogP contribution in [0.2, 0.25) is 0 Å². The van der Waals surface area contributed by atoms with Crippen LogP contribution in [0.25, 0.3) is 0 Å². The summed E-state index contributed by atoms with van der Waals surface area (Å²) in [5.74, 6) is -0.00179. The van der Waals surface area contributed by atoms with Crippen molar-refractivity contribution in [3.8, 4) is 0 Å². The molecule has 0 bridgehead atoms. The molecule has 0 radical (unpaired) electrons. The van der Waals surface area contributed by atoms with Crippen molar-refractivity contribution in [3.63, 3.8) is 0 Å². The number of aliphatic hydroxyl groups is 1. The van der Waals surface area contributed by atoms with Gasteiger partial charge in [-0.05, 0) is 24.7 Å². The smallest absolute Gasteiger partial charge is 0.242 e. The maximum Gasteiger partial charge on any atom is 0.242 e. The molecule has 1 amide bonds. The Kier molecular flexibility index (Phi) is 3.71. The van der Waals surface area contributed by atoms with Crippen LogP contribution < -0.4 is 0 Å². The monoisotopic (exact) mass is 235 g/mol. The van der Waals surface area contributed by atoms with Crippen LogP contribution in [0.3, 0.4) is 0 Å². The Hall–Kier alpha value is -1.46. The quantitative estimate of drug-likeness (QED) is 0.782. The number of rotatable bonds is 3. The lowest BCUT2D eigenvalue weighted by Gasteiger charge is -2.37. The molecule has 5 heteroatoms. The predicted molar refractivity (Wildman–Crippen MR) is 63.2 cm³/mol. The third kappa shape index (κ3) is 2.62. The van der Waals surface area contributed by atoms with Gasteiger partial charge in [-0.1, -0.05) is 0 Å². The van der Waals surface area contributed by atoms with Crippen LogP contribution in [0.15, 0.2) is 24.5 Å². The number of carbonyl (C=O) groups excluding carboxylic acids is 1. The molecule has 1 fully saturated rings. The maximum atomic E-state index is 12.1. The summed E-state index contributed by atoms with van der Waals surface area (Å²) in [5.41, 5.74) is 1.06. The second-order valence-corrected chi connectivity index (χ2v) is 4.29. The molecule has 0 aliphatic carbocycles. The number of hydrogen-bond acceptors (Lipinski definition) is 4. The van der Waals surface area contributed by atoms with Gasteiger partial charge in [-0.2, -0.15) is 0 Å². The molecule has 2 rings (SSSR count). The Balaban J connectivity index is 2.05. The van der Waals surface area contributed by atoms with Crippen molar-refractivity contribution in [2.45, 2.75) is 12.6 Å². The van der Waals surface area contributed by atoms with Crippen LogP contribution in [-0.4, -0.2) is 58.6 Å². The minimum absolute atomic E-state index is 0.00179. The van der Waals surface area contributed by atoms with Gasteiger partial charge in [-0.3, -0.25) is 14.7 Å². The number of pyridine rings is 1. The van der Waals surface area contributed by atoms with Gasteiger partial charge in [0.25, 0.3) is 0 Å². The molecule has 2 heterocycles. The van der Waals surface area contributed by atoms with E-state index in [4.69, 9.17) is 0 Å². The number of likely N-dealkylation sites (N-methyl/N-ethyl adjacent to an activating group) is 1. The van der Waals surface area contributed by atoms with Crippen LogP contribution in [0.1, 0.15) is 5.56 Å². The summed E-state index contributed by atoms with van der Waals surface area (Å²) in [6.45, 7) is 1.96. The van der Waals surface area contributed by atoms with E-state index < -0.39 is 6.04 Å². The van der Waals surface area contributed by atoms with Crippen molar-refractivity contribution in [2.75, 3.05) is 26.7 Å². The van der Waals surface area contributed by atoms with Crippen molar-refractivity contribution >= 4 is 5.91 Å². The molecule has 1 aromatic rings. The highest BCUT2D eigenvalue weighted by Gasteiger charge is 2.31. The zero-order chi connectivity index (χ0) is 12.3. The summed E-state index contributed by atoms with van der Waals surface area (Å²) in [7, 11) is 1.86. The van der Waals surface area contributed by atoms with Gasteiger partial charge in [-0.25, -0.2) is 0 Å². The lowest BCUT2D eigenvalue weighted by molar-refractivity contribution is -0.143. The van der Waals surface area contributed by atoms with Crippen LogP contribution in [-0.2, 0) is 11.3 Å². The van der Waals surface area contributed by atoms with Gasteiger partial charge in [-0.15, -0.1) is 0 Å². The van der Waals surface area contributed by atoms with Crippen LogP contribution in [0.4, 0.5) is 0 Å². The van der Waals surface area contributed by atoms with Crippen LogP contribution in [0.5, 0.6) is 0 Å². The number of hydrogen-bond donors (Lipinski definition) is 1. The molecule has 1 aromatic heterocycles. The third-order valence-electron chi connectivity index (χ3n) is 3.15. The second-order valence-electron chi connectivity index (χ2n) is 4.29. The van der Waals surface area contributed by atoms with Crippen molar-refractivity contribution in [3.05, 3.63) is 30.1 Å². The topological polar surface area (TPSA) is 56.7 Å². The van der Waals surface area contributed by atoms with Gasteiger partial charge in [0.05, 0.1) is 6.61 Å². The van der Waals surface area contributed by atoms with Gasteiger partial charge in [0.2, 0.25) is 5.91 Å². The number of aromatic nitrogens is 1. The van der Waals surface area contributed by atoms with E-state index >= 15 is 0 Å². The molecule has 1 atom stereocenters. The Morgan fingerprint density at radius 1 is 1.41 bits per heavy atom. The molecule has 1 aliphatic heterocycles. The normalized spacial score (nSPS) is 21.9. The van der Waals surface area contributed by atoms with E-state index in [-0.39, 0.29) is 12.5 Å². The van der Waals surface area contributed by atoms with E-state index in [0.717, 1.165) is 12.1 Å². The van der Waals surface area contributed by atoms with Crippen molar-refractivity contribution in [2.24, 2.45) is 0 Å². The number of amides is 1. The Labute approximate surface area is 101 Å². The fourth-order valence-corrected chi connectivity index (χ4v) is 2.03. The first-order chi connectivity index (χ1) is 8.22. The van der Waals surface area contributed by atoms with Crippen molar-refractivity contribution < 1.29 is 9.90 Å². The summed E-state index contributed by atoms with van der Waals surface area (Å²) in [4.78, 5) is 19.7. The lowest BCUT2D eigenvalue weighted by atomic mass is 10.1. The first-order valence-electron chi connectivity index (χ1n) is 5.71. The average molecular weight is 235 g/mol. The fourth-order valence-electron chi connectivity index (χ4n) is 2.03. The SMILES string of the molecule is CN1CCN(Cc2ccncc2)C(=O)C1CO. The summed E-state index contributed by atoms with van der Waals surface area (Å²) in [6.07, 6.45) is 3.44. The predicted octanol–water partition coefficient (Wildman–Crippen LogP) is -0.284. The molecule has 0 saturated carbocycles. The molecule has 92 valence electrons. The molecule has 1 unspecified atom stereocenters. The molecular formula is C12H17N3O2. The van der Waals surface area contributed by atoms with E-state index in [0.29, 0.717) is 13.1 Å². The molecular weight excluding hydrogens is 218 g/mol. The van der Waals surface area contributed by atoms with Gasteiger partial charge in [0.15, 0.2) is 0 Å². The minimum Gasteiger partial charge on any atom is -0.394 e. The number of aliphatic hydroxyl groups excluding tert-OH is 1. The number of piperazine rings is 1. The Morgan fingerprint density at radius 2 is 2.12 bits per heavy atom. The Bertz CT molecular complexity index is 383. The molecule has 1 saturated heterocycles. The van der Waals surface area contributed by atoms with Crippen molar-refractivity contribution in [1.29, 1.82) is 0 Å². The number of nitrogens with zero attached hydrogens (tertiary/aromatic N) is 3. The summed E-state index contributed by atoms with van der Waals surface area (Å²) >= 11 is 0. The van der Waals surface area contributed by atoms with E-state index in [1.54, 1.807) is 17.3 Å². The summed E-state index contributed by atoms with van der Waals surface area (Å²) in [6, 6.07) is 3.41. The van der Waals surface area contributed by atoms with Crippen LogP contribution >= 0.6 is 0 Å². The third-order valence-corrected chi connectivity index (χ3v) is 3.15. The number of carbonyl (C=O) groups is 1. The first-order valence-corrected chi connectivity index (χ1v) is 5.71. The van der Waals surface area contributed by atoms with Crippen molar-refractivity contribution in [1.82, 2.24) is 14.8 Å². The molecule has 0 spiro atoms. The zero-order valence-corrected chi connectivity index (χ0v) is 9.91. The lowest BCUT2D eigenvalue weighted by Crippen LogP contribution is -2.56. The zero-order valence-electron chi connectivity index (χ0n) is 9.91. The molecule has 0 aromatic carbocycles. The van der Waals surface area contributed by atoms with E-state index in [2.05, 4.69) is 4.98 Å². The van der Waals surface area contributed by atoms with E-state index in [1.807, 2.05) is 24.1 Å². The van der Waals surface area contributed by atoms with Gasteiger partial charge >= 0.3 is 0 Å². The Morgan fingerprint density at radius 3 is 2.76 bits per heavy atom. The maximum absolute atomic E-state index is 12.1. The van der Waals surface area contributed by atoms with E-state index in [1.165, 1.54) is 0 Å².